The third-order valence-corrected chi connectivity index (χ3v) is 2.61. The number of anilines is 3. The van der Waals surface area contributed by atoms with Crippen LogP contribution in [-0.2, 0) is 0 Å². The van der Waals surface area contributed by atoms with Gasteiger partial charge in [0.1, 0.15) is 17.3 Å². The highest BCUT2D eigenvalue weighted by molar-refractivity contribution is 6.01. The van der Waals surface area contributed by atoms with Crippen molar-refractivity contribution in [3.05, 3.63) is 48.3 Å². The predicted molar refractivity (Wildman–Crippen MR) is 76.4 cm³/mol. The number of carbonyl (C=O) groups is 1. The normalized spacial score (nSPS) is 9.90. The number of para-hydroxylation sites is 1. The molecule has 5 nitrogen and oxygen atoms in total. The summed E-state index contributed by atoms with van der Waals surface area (Å²) in [6.45, 7) is 0. The number of carbonyl (C=O) groups excluding carboxylic acids is 1. The summed E-state index contributed by atoms with van der Waals surface area (Å²) in [5, 5.41) is 4.94. The molecule has 0 atom stereocenters. The van der Waals surface area contributed by atoms with Gasteiger partial charge < -0.3 is 21.1 Å². The topological polar surface area (TPSA) is 76.4 Å². The largest absolute Gasteiger partial charge is 0.497 e. The number of hydrogen-bond acceptors (Lipinski definition) is 3. The number of urea groups is 1. The van der Waals surface area contributed by atoms with Gasteiger partial charge in [-0.25, -0.2) is 9.18 Å². The van der Waals surface area contributed by atoms with E-state index in [0.717, 1.165) is 0 Å². The Hall–Kier alpha value is -2.76. The first-order valence-corrected chi connectivity index (χ1v) is 5.86. The quantitative estimate of drug-likeness (QED) is 0.753. The maximum atomic E-state index is 13.5. The number of rotatable bonds is 3. The molecule has 0 aliphatic heterocycles. The van der Waals surface area contributed by atoms with Crippen LogP contribution in [0, 0.1) is 5.82 Å². The number of nitrogens with one attached hydrogen (secondary N) is 2. The maximum absolute atomic E-state index is 13.5. The molecule has 0 saturated carbocycles. The molecule has 2 aromatic carbocycles. The Morgan fingerprint density at radius 2 is 1.95 bits per heavy atom. The first kappa shape index (κ1) is 13.7. The van der Waals surface area contributed by atoms with Crippen LogP contribution in [-0.4, -0.2) is 13.1 Å². The molecule has 0 aliphatic carbocycles. The minimum atomic E-state index is -0.592. The van der Waals surface area contributed by atoms with Gasteiger partial charge in [-0.05, 0) is 24.3 Å². The van der Waals surface area contributed by atoms with Gasteiger partial charge in [0, 0.05) is 11.8 Å². The van der Waals surface area contributed by atoms with Gasteiger partial charge in [0.05, 0.1) is 12.8 Å². The summed E-state index contributed by atoms with van der Waals surface area (Å²) in [6.07, 6.45) is 0. The van der Waals surface area contributed by atoms with Crippen LogP contribution < -0.4 is 21.1 Å². The Morgan fingerprint density at radius 3 is 2.65 bits per heavy atom. The highest BCUT2D eigenvalue weighted by Gasteiger charge is 2.10. The number of nitrogen functional groups attached to an aromatic ring is 1. The zero-order valence-electron chi connectivity index (χ0n) is 10.8. The van der Waals surface area contributed by atoms with Crippen molar-refractivity contribution >= 4 is 23.1 Å². The van der Waals surface area contributed by atoms with Crippen molar-refractivity contribution in [3.8, 4) is 5.75 Å². The van der Waals surface area contributed by atoms with E-state index in [2.05, 4.69) is 10.6 Å². The van der Waals surface area contributed by atoms with Crippen molar-refractivity contribution in [2.75, 3.05) is 23.5 Å². The van der Waals surface area contributed by atoms with E-state index >= 15 is 0 Å². The van der Waals surface area contributed by atoms with E-state index in [0.29, 0.717) is 11.4 Å². The van der Waals surface area contributed by atoms with Gasteiger partial charge in [-0.3, -0.25) is 0 Å². The number of benzene rings is 2. The highest BCUT2D eigenvalue weighted by atomic mass is 19.1. The molecule has 2 amide bonds. The number of amides is 2. The molecular weight excluding hydrogens is 261 g/mol. The molecular formula is C14H14FN3O2. The van der Waals surface area contributed by atoms with E-state index in [9.17, 15) is 9.18 Å². The van der Waals surface area contributed by atoms with Crippen molar-refractivity contribution in [1.82, 2.24) is 0 Å². The fourth-order valence-electron chi connectivity index (χ4n) is 1.65. The van der Waals surface area contributed by atoms with Crippen LogP contribution in [0.1, 0.15) is 0 Å². The van der Waals surface area contributed by atoms with Crippen LogP contribution >= 0.6 is 0 Å². The van der Waals surface area contributed by atoms with Crippen molar-refractivity contribution in [2.45, 2.75) is 0 Å². The second-order valence-corrected chi connectivity index (χ2v) is 4.02. The molecule has 0 aromatic heterocycles. The van der Waals surface area contributed by atoms with Gasteiger partial charge in [0.2, 0.25) is 0 Å². The van der Waals surface area contributed by atoms with Gasteiger partial charge in [-0.2, -0.15) is 0 Å². The average Bonchev–Trinajstić information content (AvgIpc) is 2.43. The highest BCUT2D eigenvalue weighted by Crippen LogP contribution is 2.22. The summed E-state index contributed by atoms with van der Waals surface area (Å²) in [5.74, 6) is 0.0130. The number of halogens is 1. The van der Waals surface area contributed by atoms with E-state index in [-0.39, 0.29) is 11.4 Å². The zero-order valence-corrected chi connectivity index (χ0v) is 10.8. The predicted octanol–water partition coefficient (Wildman–Crippen LogP) is 3.06. The molecule has 2 aromatic rings. The first-order valence-electron chi connectivity index (χ1n) is 5.86. The average molecular weight is 275 g/mol. The van der Waals surface area contributed by atoms with Crippen LogP contribution in [0.5, 0.6) is 5.75 Å². The Kier molecular flexibility index (Phi) is 4.05. The Bertz CT molecular complexity index is 611. The summed E-state index contributed by atoms with van der Waals surface area (Å²) < 4.78 is 18.6. The number of methoxy groups -OCH3 is 1. The minimum absolute atomic E-state index is 0.0482. The van der Waals surface area contributed by atoms with Crippen molar-refractivity contribution in [2.24, 2.45) is 0 Å². The smallest absolute Gasteiger partial charge is 0.323 e. The molecule has 20 heavy (non-hydrogen) atoms. The van der Waals surface area contributed by atoms with E-state index in [1.807, 2.05) is 0 Å². The lowest BCUT2D eigenvalue weighted by atomic mass is 10.2. The monoisotopic (exact) mass is 275 g/mol. The second-order valence-electron chi connectivity index (χ2n) is 4.02. The molecule has 0 heterocycles. The van der Waals surface area contributed by atoms with Crippen molar-refractivity contribution < 1.29 is 13.9 Å². The molecule has 104 valence electrons. The van der Waals surface area contributed by atoms with E-state index < -0.39 is 11.8 Å². The fourth-order valence-corrected chi connectivity index (χ4v) is 1.65. The summed E-state index contributed by atoms with van der Waals surface area (Å²) in [6, 6.07) is 10.4. The maximum Gasteiger partial charge on any atom is 0.323 e. The molecule has 0 bridgehead atoms. The van der Waals surface area contributed by atoms with Crippen LogP contribution in [0.15, 0.2) is 42.5 Å². The zero-order chi connectivity index (χ0) is 14.5. The molecule has 0 radical (unpaired) electrons. The molecule has 0 saturated heterocycles. The van der Waals surface area contributed by atoms with Crippen LogP contribution in [0.3, 0.4) is 0 Å². The number of ether oxygens (including phenoxy) is 1. The first-order chi connectivity index (χ1) is 9.60. The fraction of sp³-hybridized carbons (Fsp3) is 0.0714. The third kappa shape index (κ3) is 3.17. The lowest BCUT2D eigenvalue weighted by Crippen LogP contribution is -2.20. The van der Waals surface area contributed by atoms with Crippen LogP contribution in [0.2, 0.25) is 0 Å². The summed E-state index contributed by atoms with van der Waals surface area (Å²) >= 11 is 0. The summed E-state index contributed by atoms with van der Waals surface area (Å²) in [7, 11) is 1.53. The van der Waals surface area contributed by atoms with Crippen molar-refractivity contribution in [1.29, 1.82) is 0 Å². The third-order valence-electron chi connectivity index (χ3n) is 2.61. The minimum Gasteiger partial charge on any atom is -0.497 e. The van der Waals surface area contributed by atoms with Gasteiger partial charge >= 0.3 is 6.03 Å². The molecule has 4 N–H and O–H groups in total. The molecule has 2 rings (SSSR count). The van der Waals surface area contributed by atoms with Gasteiger partial charge in [-0.1, -0.05) is 12.1 Å². The SMILES string of the molecule is COc1cccc(NC(=O)Nc2c(N)cccc2F)c1. The van der Waals surface area contributed by atoms with Crippen LogP contribution in [0.4, 0.5) is 26.2 Å². The van der Waals surface area contributed by atoms with Gasteiger partial charge in [0.15, 0.2) is 0 Å². The van der Waals surface area contributed by atoms with E-state index in [1.54, 1.807) is 24.3 Å². The summed E-state index contributed by atoms with van der Waals surface area (Å²) in [5.41, 5.74) is 6.24. The Balaban J connectivity index is 2.09. The molecule has 0 unspecified atom stereocenters. The van der Waals surface area contributed by atoms with E-state index in [4.69, 9.17) is 10.5 Å². The van der Waals surface area contributed by atoms with Gasteiger partial charge in [-0.15, -0.1) is 0 Å². The van der Waals surface area contributed by atoms with E-state index in [1.165, 1.54) is 25.3 Å². The lowest BCUT2D eigenvalue weighted by Gasteiger charge is -2.11. The van der Waals surface area contributed by atoms with Crippen molar-refractivity contribution in [3.63, 3.8) is 0 Å². The Morgan fingerprint density at radius 1 is 1.20 bits per heavy atom. The second kappa shape index (κ2) is 5.92. The molecule has 0 spiro atoms. The van der Waals surface area contributed by atoms with Gasteiger partial charge in [0.25, 0.3) is 0 Å². The Labute approximate surface area is 115 Å². The summed E-state index contributed by atoms with van der Waals surface area (Å²) in [4.78, 5) is 11.8. The molecule has 6 heteroatoms. The molecule has 0 aliphatic rings. The standard InChI is InChI=1S/C14H14FN3O2/c1-20-10-5-2-4-9(8-10)17-14(19)18-13-11(15)6-3-7-12(13)16/h2-8H,16H2,1H3,(H2,17,18,19). The van der Waals surface area contributed by atoms with Crippen LogP contribution in [0.25, 0.3) is 0 Å². The molecule has 0 fully saturated rings. The number of nitrogens with two attached hydrogens (primary N) is 1. The number of hydrogen-bond donors (Lipinski definition) is 3. The lowest BCUT2D eigenvalue weighted by molar-refractivity contribution is 0.262.